The van der Waals surface area contributed by atoms with Crippen LogP contribution in [0.4, 0.5) is 0 Å². The zero-order chi connectivity index (χ0) is 19.3. The SMILES string of the molecule is C(=C\c1ccccc1)/c1ccccc1.c1ccc(CCc2ccccc2)cc1. The Morgan fingerprint density at radius 3 is 0.964 bits per heavy atom. The Morgan fingerprint density at radius 1 is 0.357 bits per heavy atom. The highest BCUT2D eigenvalue weighted by atomic mass is 14.0. The average Bonchev–Trinajstić information content (AvgIpc) is 2.80. The van der Waals surface area contributed by atoms with Crippen LogP contribution in [0.25, 0.3) is 12.2 Å². The topological polar surface area (TPSA) is 0 Å². The largest absolute Gasteiger partial charge is 0.0622 e. The number of hydrogen-bond donors (Lipinski definition) is 0. The maximum absolute atomic E-state index is 2.18. The second-order valence-electron chi connectivity index (χ2n) is 6.63. The molecule has 0 saturated carbocycles. The molecule has 0 nitrogen and oxygen atoms in total. The molecule has 0 radical (unpaired) electrons. The van der Waals surface area contributed by atoms with Crippen molar-refractivity contribution < 1.29 is 0 Å². The summed E-state index contributed by atoms with van der Waals surface area (Å²) in [6.45, 7) is 0. The van der Waals surface area contributed by atoms with Crippen LogP contribution in [0.2, 0.25) is 0 Å². The van der Waals surface area contributed by atoms with Gasteiger partial charge in [-0.15, -0.1) is 0 Å². The van der Waals surface area contributed by atoms with E-state index in [0.29, 0.717) is 0 Å². The molecule has 0 aliphatic heterocycles. The first-order chi connectivity index (χ1) is 13.9. The van der Waals surface area contributed by atoms with Crippen LogP contribution >= 0.6 is 0 Å². The summed E-state index contributed by atoms with van der Waals surface area (Å²) >= 11 is 0. The van der Waals surface area contributed by atoms with Gasteiger partial charge in [-0.3, -0.25) is 0 Å². The van der Waals surface area contributed by atoms with Crippen LogP contribution in [0.15, 0.2) is 121 Å². The number of benzene rings is 4. The summed E-state index contributed by atoms with van der Waals surface area (Å²) in [5, 5.41) is 0. The van der Waals surface area contributed by atoms with E-state index in [0.717, 1.165) is 12.8 Å². The molecule has 0 amide bonds. The summed E-state index contributed by atoms with van der Waals surface area (Å²) < 4.78 is 0. The molecule has 0 saturated heterocycles. The fourth-order valence-electron chi connectivity index (χ4n) is 2.90. The minimum atomic E-state index is 1.13. The van der Waals surface area contributed by atoms with Crippen molar-refractivity contribution in [2.45, 2.75) is 12.8 Å². The van der Waals surface area contributed by atoms with E-state index in [2.05, 4.69) is 97.1 Å². The van der Waals surface area contributed by atoms with E-state index >= 15 is 0 Å². The van der Waals surface area contributed by atoms with Crippen LogP contribution in [0.1, 0.15) is 22.3 Å². The normalized spacial score (nSPS) is 10.3. The lowest BCUT2D eigenvalue weighted by atomic mass is 10.0. The van der Waals surface area contributed by atoms with Gasteiger partial charge >= 0.3 is 0 Å². The van der Waals surface area contributed by atoms with E-state index in [1.165, 1.54) is 22.3 Å². The zero-order valence-electron chi connectivity index (χ0n) is 16.1. The van der Waals surface area contributed by atoms with Gasteiger partial charge in [0.2, 0.25) is 0 Å². The lowest BCUT2D eigenvalue weighted by molar-refractivity contribution is 0.960. The Balaban J connectivity index is 0.000000161. The van der Waals surface area contributed by atoms with Crippen LogP contribution in [0.5, 0.6) is 0 Å². The summed E-state index contributed by atoms with van der Waals surface area (Å²) in [4.78, 5) is 0. The molecular weight excluding hydrogens is 336 g/mol. The van der Waals surface area contributed by atoms with Crippen molar-refractivity contribution in [2.75, 3.05) is 0 Å². The molecule has 0 bridgehead atoms. The summed E-state index contributed by atoms with van der Waals surface area (Å²) in [6, 6.07) is 41.9. The average molecular weight is 363 g/mol. The predicted octanol–water partition coefficient (Wildman–Crippen LogP) is 7.33. The molecule has 0 N–H and O–H groups in total. The van der Waals surface area contributed by atoms with E-state index in [-0.39, 0.29) is 0 Å². The monoisotopic (exact) mass is 362 g/mol. The molecule has 0 heteroatoms. The maximum atomic E-state index is 2.18. The first-order valence-corrected chi connectivity index (χ1v) is 9.76. The molecule has 0 fully saturated rings. The molecule has 0 aromatic heterocycles. The van der Waals surface area contributed by atoms with Gasteiger partial charge in [-0.25, -0.2) is 0 Å². The van der Waals surface area contributed by atoms with Crippen molar-refractivity contribution in [3.8, 4) is 0 Å². The molecule has 138 valence electrons. The van der Waals surface area contributed by atoms with Gasteiger partial charge in [0.05, 0.1) is 0 Å². The molecule has 0 heterocycles. The van der Waals surface area contributed by atoms with Crippen LogP contribution < -0.4 is 0 Å². The Morgan fingerprint density at radius 2 is 0.643 bits per heavy atom. The molecular formula is C28H26. The maximum Gasteiger partial charge on any atom is -0.0238 e. The lowest BCUT2D eigenvalue weighted by Crippen LogP contribution is -1.89. The van der Waals surface area contributed by atoms with E-state index in [1.54, 1.807) is 0 Å². The smallest absolute Gasteiger partial charge is 0.0238 e. The Hall–Kier alpha value is -3.38. The van der Waals surface area contributed by atoms with E-state index in [1.807, 2.05) is 36.4 Å². The molecule has 0 spiro atoms. The lowest BCUT2D eigenvalue weighted by Gasteiger charge is -2.01. The summed E-state index contributed by atoms with van der Waals surface area (Å²) in [6.07, 6.45) is 6.50. The van der Waals surface area contributed by atoms with Crippen molar-refractivity contribution in [2.24, 2.45) is 0 Å². The zero-order valence-corrected chi connectivity index (χ0v) is 16.1. The molecule has 0 atom stereocenters. The van der Waals surface area contributed by atoms with Gasteiger partial charge in [0.1, 0.15) is 0 Å². The molecule has 28 heavy (non-hydrogen) atoms. The van der Waals surface area contributed by atoms with Gasteiger partial charge < -0.3 is 0 Å². The fourth-order valence-corrected chi connectivity index (χ4v) is 2.90. The van der Waals surface area contributed by atoms with Gasteiger partial charge in [0, 0.05) is 0 Å². The minimum absolute atomic E-state index is 1.13. The third-order valence-corrected chi connectivity index (χ3v) is 4.46. The minimum Gasteiger partial charge on any atom is -0.0622 e. The van der Waals surface area contributed by atoms with Gasteiger partial charge in [0.25, 0.3) is 0 Å². The molecule has 0 unspecified atom stereocenters. The quantitative estimate of drug-likeness (QED) is 0.326. The van der Waals surface area contributed by atoms with Gasteiger partial charge in [0.15, 0.2) is 0 Å². The molecule has 4 aromatic rings. The standard InChI is InChI=1S/C14H14.C14H12/c2*1-3-7-13(8-4-1)11-12-14-9-5-2-6-10-14/h1-10H,11-12H2;1-12H/b;12-11+. The molecule has 0 aliphatic carbocycles. The first-order valence-electron chi connectivity index (χ1n) is 9.76. The second-order valence-corrected chi connectivity index (χ2v) is 6.63. The molecule has 4 aromatic carbocycles. The second kappa shape index (κ2) is 11.4. The van der Waals surface area contributed by atoms with Crippen molar-refractivity contribution in [1.82, 2.24) is 0 Å². The number of rotatable bonds is 5. The van der Waals surface area contributed by atoms with Crippen LogP contribution in [0, 0.1) is 0 Å². The fraction of sp³-hybridized carbons (Fsp3) is 0.0714. The highest BCUT2D eigenvalue weighted by Crippen LogP contribution is 2.07. The number of aryl methyl sites for hydroxylation is 2. The Labute approximate surface area is 168 Å². The van der Waals surface area contributed by atoms with Crippen molar-refractivity contribution in [1.29, 1.82) is 0 Å². The van der Waals surface area contributed by atoms with Gasteiger partial charge in [-0.2, -0.15) is 0 Å². The van der Waals surface area contributed by atoms with Crippen molar-refractivity contribution >= 4 is 12.2 Å². The summed E-state index contributed by atoms with van der Waals surface area (Å²) in [5.74, 6) is 0. The highest BCUT2D eigenvalue weighted by Gasteiger charge is 1.93. The Bertz CT molecular complexity index is 843. The van der Waals surface area contributed by atoms with E-state index in [9.17, 15) is 0 Å². The van der Waals surface area contributed by atoms with Crippen molar-refractivity contribution in [3.63, 3.8) is 0 Å². The van der Waals surface area contributed by atoms with Crippen LogP contribution in [-0.2, 0) is 12.8 Å². The van der Waals surface area contributed by atoms with E-state index < -0.39 is 0 Å². The summed E-state index contributed by atoms with van der Waals surface area (Å²) in [5.41, 5.74) is 5.29. The first kappa shape index (κ1) is 19.4. The number of hydrogen-bond acceptors (Lipinski definition) is 0. The highest BCUT2D eigenvalue weighted by molar-refractivity contribution is 5.69. The van der Waals surface area contributed by atoms with Gasteiger partial charge in [-0.05, 0) is 35.1 Å². The van der Waals surface area contributed by atoms with Gasteiger partial charge in [-0.1, -0.05) is 133 Å². The van der Waals surface area contributed by atoms with Crippen molar-refractivity contribution in [3.05, 3.63) is 144 Å². The van der Waals surface area contributed by atoms with Crippen LogP contribution in [0.3, 0.4) is 0 Å². The third kappa shape index (κ3) is 7.09. The third-order valence-electron chi connectivity index (χ3n) is 4.46. The molecule has 0 aliphatic rings. The van der Waals surface area contributed by atoms with Crippen LogP contribution in [-0.4, -0.2) is 0 Å². The van der Waals surface area contributed by atoms with E-state index in [4.69, 9.17) is 0 Å². The molecule has 4 rings (SSSR count). The predicted molar refractivity (Wildman–Crippen MR) is 122 cm³/mol. The Kier molecular flexibility index (Phi) is 7.86. The summed E-state index contributed by atoms with van der Waals surface area (Å²) in [7, 11) is 0.